The number of amides is 1. The highest BCUT2D eigenvalue weighted by atomic mass is 19.1. The van der Waals surface area contributed by atoms with Gasteiger partial charge < -0.3 is 11.1 Å². The monoisotopic (exact) mass is 270 g/mol. The van der Waals surface area contributed by atoms with Crippen LogP contribution in [0.3, 0.4) is 0 Å². The van der Waals surface area contributed by atoms with E-state index in [1.54, 1.807) is 0 Å². The molecule has 3 N–H and O–H groups in total. The molecule has 3 rings (SSSR count). The van der Waals surface area contributed by atoms with Crippen LogP contribution in [0.1, 0.15) is 33.9 Å². The molecule has 1 amide bonds. The number of anilines is 1. The molecule has 0 saturated carbocycles. The minimum atomic E-state index is -0.556. The fourth-order valence-corrected chi connectivity index (χ4v) is 2.68. The molecule has 0 radical (unpaired) electrons. The molecule has 4 heteroatoms. The fourth-order valence-electron chi connectivity index (χ4n) is 2.68. The highest BCUT2D eigenvalue weighted by Crippen LogP contribution is 2.34. The summed E-state index contributed by atoms with van der Waals surface area (Å²) in [7, 11) is 0. The van der Waals surface area contributed by atoms with Crippen molar-refractivity contribution in [1.82, 2.24) is 0 Å². The molecule has 102 valence electrons. The second-order valence-electron chi connectivity index (χ2n) is 4.99. The molecule has 0 aliphatic heterocycles. The summed E-state index contributed by atoms with van der Waals surface area (Å²) >= 11 is 0. The molecule has 0 bridgehead atoms. The number of primary amides is 1. The lowest BCUT2D eigenvalue weighted by molar-refractivity contribution is 0.100. The first-order chi connectivity index (χ1) is 9.65. The molecular formula is C16H15FN2O. The van der Waals surface area contributed by atoms with Crippen molar-refractivity contribution < 1.29 is 9.18 Å². The molecule has 0 saturated heterocycles. The Kier molecular flexibility index (Phi) is 3.14. The molecule has 0 spiro atoms. The van der Waals surface area contributed by atoms with E-state index in [4.69, 9.17) is 5.73 Å². The number of nitrogens with two attached hydrogens (primary N) is 1. The third-order valence-corrected chi connectivity index (χ3v) is 3.71. The first-order valence-electron chi connectivity index (χ1n) is 6.59. The Labute approximate surface area is 116 Å². The highest BCUT2D eigenvalue weighted by Gasteiger charge is 2.22. The predicted octanol–water partition coefficient (Wildman–Crippen LogP) is 3.02. The first kappa shape index (κ1) is 12.7. The SMILES string of the molecule is NC(=O)c1ccc(F)c(NC2CCc3ccccc32)c1. The second kappa shape index (κ2) is 4.96. The third-order valence-electron chi connectivity index (χ3n) is 3.71. The maximum Gasteiger partial charge on any atom is 0.248 e. The standard InChI is InChI=1S/C16H15FN2O/c17-13-7-5-11(16(18)20)9-15(13)19-14-8-6-10-3-1-2-4-12(10)14/h1-5,7,9,14,19H,6,8H2,(H2,18,20). The number of fused-ring (bicyclic) bond motifs is 1. The Balaban J connectivity index is 1.89. The molecule has 20 heavy (non-hydrogen) atoms. The largest absolute Gasteiger partial charge is 0.376 e. The molecule has 1 unspecified atom stereocenters. The van der Waals surface area contributed by atoms with Crippen molar-refractivity contribution in [1.29, 1.82) is 0 Å². The number of carbonyl (C=O) groups is 1. The smallest absolute Gasteiger partial charge is 0.248 e. The average molecular weight is 270 g/mol. The van der Waals surface area contributed by atoms with Crippen LogP contribution in [0.5, 0.6) is 0 Å². The maximum absolute atomic E-state index is 13.8. The molecule has 0 heterocycles. The van der Waals surface area contributed by atoms with E-state index >= 15 is 0 Å². The normalized spacial score (nSPS) is 16.8. The van der Waals surface area contributed by atoms with Crippen molar-refractivity contribution in [2.45, 2.75) is 18.9 Å². The topological polar surface area (TPSA) is 55.1 Å². The van der Waals surface area contributed by atoms with Gasteiger partial charge in [-0.25, -0.2) is 4.39 Å². The third kappa shape index (κ3) is 2.25. The fraction of sp³-hybridized carbons (Fsp3) is 0.188. The van der Waals surface area contributed by atoms with Crippen molar-refractivity contribution >= 4 is 11.6 Å². The van der Waals surface area contributed by atoms with Gasteiger partial charge in [0.15, 0.2) is 0 Å². The van der Waals surface area contributed by atoms with Crippen LogP contribution >= 0.6 is 0 Å². The van der Waals surface area contributed by atoms with E-state index in [-0.39, 0.29) is 11.9 Å². The number of carbonyl (C=O) groups excluding carboxylic acids is 1. The summed E-state index contributed by atoms with van der Waals surface area (Å²) in [4.78, 5) is 11.2. The Morgan fingerprint density at radius 1 is 1.25 bits per heavy atom. The highest BCUT2D eigenvalue weighted by molar-refractivity contribution is 5.93. The number of aryl methyl sites for hydroxylation is 1. The molecular weight excluding hydrogens is 255 g/mol. The molecule has 1 aliphatic carbocycles. The van der Waals surface area contributed by atoms with Crippen molar-refractivity contribution in [3.05, 3.63) is 65.0 Å². The summed E-state index contributed by atoms with van der Waals surface area (Å²) in [5.41, 5.74) is 8.34. The summed E-state index contributed by atoms with van der Waals surface area (Å²) in [5.74, 6) is -0.931. The van der Waals surface area contributed by atoms with Gasteiger partial charge in [-0.05, 0) is 42.2 Å². The van der Waals surface area contributed by atoms with Crippen LogP contribution < -0.4 is 11.1 Å². The van der Waals surface area contributed by atoms with Gasteiger partial charge in [-0.15, -0.1) is 0 Å². The first-order valence-corrected chi connectivity index (χ1v) is 6.59. The Hall–Kier alpha value is -2.36. The van der Waals surface area contributed by atoms with Crippen LogP contribution in [0, 0.1) is 5.82 Å². The summed E-state index contributed by atoms with van der Waals surface area (Å²) in [6.45, 7) is 0. The lowest BCUT2D eigenvalue weighted by atomic mass is 10.1. The van der Waals surface area contributed by atoms with Crippen LogP contribution in [0.4, 0.5) is 10.1 Å². The van der Waals surface area contributed by atoms with E-state index < -0.39 is 5.91 Å². The van der Waals surface area contributed by atoms with E-state index in [9.17, 15) is 9.18 Å². The van der Waals surface area contributed by atoms with Gasteiger partial charge in [-0.3, -0.25) is 4.79 Å². The van der Waals surface area contributed by atoms with Gasteiger partial charge in [-0.1, -0.05) is 24.3 Å². The molecule has 3 nitrogen and oxygen atoms in total. The second-order valence-corrected chi connectivity index (χ2v) is 4.99. The summed E-state index contributed by atoms with van der Waals surface area (Å²) in [5, 5.41) is 3.18. The van der Waals surface area contributed by atoms with Crippen LogP contribution in [-0.2, 0) is 6.42 Å². The number of rotatable bonds is 3. The van der Waals surface area contributed by atoms with E-state index in [2.05, 4.69) is 17.4 Å². The Bertz CT molecular complexity index is 669. The summed E-state index contributed by atoms with van der Waals surface area (Å²) in [6, 6.07) is 12.3. The van der Waals surface area contributed by atoms with E-state index in [0.717, 1.165) is 12.8 Å². The molecule has 2 aromatic rings. The number of benzene rings is 2. The van der Waals surface area contributed by atoms with Crippen LogP contribution in [0.25, 0.3) is 0 Å². The number of hydrogen-bond donors (Lipinski definition) is 2. The zero-order chi connectivity index (χ0) is 14.1. The zero-order valence-electron chi connectivity index (χ0n) is 10.9. The van der Waals surface area contributed by atoms with E-state index in [0.29, 0.717) is 11.3 Å². The van der Waals surface area contributed by atoms with Gasteiger partial charge in [0.25, 0.3) is 0 Å². The lowest BCUT2D eigenvalue weighted by Crippen LogP contribution is -2.13. The predicted molar refractivity (Wildman–Crippen MR) is 76.0 cm³/mol. The van der Waals surface area contributed by atoms with Gasteiger partial charge in [0.05, 0.1) is 11.7 Å². The minimum Gasteiger partial charge on any atom is -0.376 e. The number of nitrogens with one attached hydrogen (secondary N) is 1. The van der Waals surface area contributed by atoms with Crippen molar-refractivity contribution in [3.63, 3.8) is 0 Å². The van der Waals surface area contributed by atoms with Crippen molar-refractivity contribution in [2.24, 2.45) is 5.73 Å². The number of hydrogen-bond acceptors (Lipinski definition) is 2. The van der Waals surface area contributed by atoms with Crippen LogP contribution in [-0.4, -0.2) is 5.91 Å². The molecule has 2 aromatic carbocycles. The van der Waals surface area contributed by atoms with Gasteiger partial charge in [0, 0.05) is 5.56 Å². The van der Waals surface area contributed by atoms with E-state index in [1.165, 1.54) is 29.3 Å². The Morgan fingerprint density at radius 2 is 2.05 bits per heavy atom. The molecule has 1 atom stereocenters. The van der Waals surface area contributed by atoms with Gasteiger partial charge in [0.2, 0.25) is 5.91 Å². The minimum absolute atomic E-state index is 0.0730. The van der Waals surface area contributed by atoms with Crippen molar-refractivity contribution in [3.8, 4) is 0 Å². The lowest BCUT2D eigenvalue weighted by Gasteiger charge is -2.16. The van der Waals surface area contributed by atoms with Crippen LogP contribution in [0.2, 0.25) is 0 Å². The number of halogens is 1. The van der Waals surface area contributed by atoms with Gasteiger partial charge in [0.1, 0.15) is 5.82 Å². The van der Waals surface area contributed by atoms with Crippen LogP contribution in [0.15, 0.2) is 42.5 Å². The average Bonchev–Trinajstić information content (AvgIpc) is 2.84. The zero-order valence-corrected chi connectivity index (χ0v) is 10.9. The molecule has 0 aromatic heterocycles. The van der Waals surface area contributed by atoms with E-state index in [1.807, 2.05) is 12.1 Å². The van der Waals surface area contributed by atoms with Gasteiger partial charge >= 0.3 is 0 Å². The summed E-state index contributed by atoms with van der Waals surface area (Å²) < 4.78 is 13.8. The van der Waals surface area contributed by atoms with Crippen molar-refractivity contribution in [2.75, 3.05) is 5.32 Å². The maximum atomic E-state index is 13.8. The molecule has 0 fully saturated rings. The van der Waals surface area contributed by atoms with Gasteiger partial charge in [-0.2, -0.15) is 0 Å². The molecule has 1 aliphatic rings. The quantitative estimate of drug-likeness (QED) is 0.900. The Morgan fingerprint density at radius 3 is 2.85 bits per heavy atom. The summed E-state index contributed by atoms with van der Waals surface area (Å²) in [6.07, 6.45) is 1.89.